The summed E-state index contributed by atoms with van der Waals surface area (Å²) in [5, 5.41) is 4.47. The highest BCUT2D eigenvalue weighted by molar-refractivity contribution is 8.04. The maximum atomic E-state index is 3.72. The molecule has 1 aromatic carbocycles. The van der Waals surface area contributed by atoms with Crippen LogP contribution in [0.1, 0.15) is 51.2 Å². The van der Waals surface area contributed by atoms with Crippen molar-refractivity contribution in [3.05, 3.63) is 39.8 Å². The van der Waals surface area contributed by atoms with Crippen molar-refractivity contribution in [1.82, 2.24) is 0 Å². The van der Waals surface area contributed by atoms with Gasteiger partial charge in [-0.15, -0.1) is 11.8 Å². The molecule has 1 saturated carbocycles. The van der Waals surface area contributed by atoms with Crippen molar-refractivity contribution in [2.24, 2.45) is 17.8 Å². The Hall–Kier alpha value is -0.890. The summed E-state index contributed by atoms with van der Waals surface area (Å²) in [7, 11) is 0. The van der Waals surface area contributed by atoms with Crippen LogP contribution in [0.5, 0.6) is 0 Å². The molecule has 1 nitrogen and oxygen atoms in total. The van der Waals surface area contributed by atoms with E-state index >= 15 is 0 Å². The monoisotopic (exact) mass is 313 g/mol. The van der Waals surface area contributed by atoms with Crippen LogP contribution in [-0.2, 0) is 6.42 Å². The molecule has 1 fully saturated rings. The van der Waals surface area contributed by atoms with Gasteiger partial charge >= 0.3 is 0 Å². The van der Waals surface area contributed by atoms with Crippen molar-refractivity contribution in [1.29, 1.82) is 0 Å². The number of hydrogen-bond acceptors (Lipinski definition) is 2. The first-order valence-corrected chi connectivity index (χ1v) is 9.67. The van der Waals surface area contributed by atoms with Gasteiger partial charge in [0, 0.05) is 23.4 Å². The number of anilines is 1. The number of fused-ring (bicyclic) bond motifs is 2. The SMILES string of the molecule is CC1=C(C)C2C(C)C(C)C(c3cccc4c3NCCC4)C2S1. The van der Waals surface area contributed by atoms with Crippen molar-refractivity contribution in [2.75, 3.05) is 11.9 Å². The van der Waals surface area contributed by atoms with Gasteiger partial charge in [0.15, 0.2) is 0 Å². The van der Waals surface area contributed by atoms with Crippen LogP contribution in [0.2, 0.25) is 0 Å². The third kappa shape index (κ3) is 1.99. The Balaban J connectivity index is 1.78. The molecule has 2 heterocycles. The van der Waals surface area contributed by atoms with E-state index in [1.807, 2.05) is 0 Å². The summed E-state index contributed by atoms with van der Waals surface area (Å²) >= 11 is 2.16. The van der Waals surface area contributed by atoms with Gasteiger partial charge in [-0.2, -0.15) is 0 Å². The Morgan fingerprint density at radius 1 is 1.09 bits per heavy atom. The molecule has 5 unspecified atom stereocenters. The molecule has 2 aliphatic heterocycles. The molecule has 1 N–H and O–H groups in total. The first-order valence-electron chi connectivity index (χ1n) is 8.79. The fraction of sp³-hybridized carbons (Fsp3) is 0.600. The Morgan fingerprint density at radius 2 is 1.86 bits per heavy atom. The number of aryl methyl sites for hydroxylation is 1. The van der Waals surface area contributed by atoms with E-state index in [4.69, 9.17) is 0 Å². The van der Waals surface area contributed by atoms with Gasteiger partial charge < -0.3 is 5.32 Å². The smallest absolute Gasteiger partial charge is 0.0408 e. The third-order valence-electron chi connectivity index (χ3n) is 6.51. The Labute approximate surface area is 139 Å². The molecule has 0 saturated heterocycles. The molecule has 0 aromatic heterocycles. The number of thioether (sulfide) groups is 1. The first-order chi connectivity index (χ1) is 10.6. The third-order valence-corrected chi connectivity index (χ3v) is 8.04. The van der Waals surface area contributed by atoms with Crippen LogP contribution in [0.25, 0.3) is 0 Å². The molecule has 5 atom stereocenters. The van der Waals surface area contributed by atoms with Gasteiger partial charge in [0.05, 0.1) is 0 Å². The Kier molecular flexibility index (Phi) is 3.56. The number of rotatable bonds is 1. The number of allylic oxidation sites excluding steroid dienone is 2. The topological polar surface area (TPSA) is 12.0 Å². The average molecular weight is 314 g/mol. The number of hydrogen-bond donors (Lipinski definition) is 1. The van der Waals surface area contributed by atoms with Crippen molar-refractivity contribution in [2.45, 2.75) is 51.7 Å². The van der Waals surface area contributed by atoms with Crippen LogP contribution in [-0.4, -0.2) is 11.8 Å². The fourth-order valence-electron chi connectivity index (χ4n) is 5.07. The van der Waals surface area contributed by atoms with Gasteiger partial charge in [0.1, 0.15) is 0 Å². The normalized spacial score (nSPS) is 37.0. The van der Waals surface area contributed by atoms with Gasteiger partial charge in [-0.05, 0) is 60.5 Å². The van der Waals surface area contributed by atoms with E-state index in [1.54, 1.807) is 16.0 Å². The van der Waals surface area contributed by atoms with Crippen LogP contribution < -0.4 is 5.32 Å². The molecule has 4 rings (SSSR count). The molecule has 22 heavy (non-hydrogen) atoms. The first kappa shape index (κ1) is 14.7. The number of nitrogens with one attached hydrogen (secondary N) is 1. The molecule has 0 radical (unpaired) electrons. The second-order valence-corrected chi connectivity index (χ2v) is 8.90. The van der Waals surface area contributed by atoms with Gasteiger partial charge in [0.25, 0.3) is 0 Å². The number of benzene rings is 1. The summed E-state index contributed by atoms with van der Waals surface area (Å²) in [5.41, 5.74) is 6.27. The highest BCUT2D eigenvalue weighted by atomic mass is 32.2. The minimum atomic E-state index is 0.693. The maximum absolute atomic E-state index is 3.72. The molecule has 0 amide bonds. The van der Waals surface area contributed by atoms with Crippen LogP contribution in [0.3, 0.4) is 0 Å². The molecule has 118 valence electrons. The summed E-state index contributed by atoms with van der Waals surface area (Å²) in [6.45, 7) is 10.8. The summed E-state index contributed by atoms with van der Waals surface area (Å²) in [4.78, 5) is 1.58. The molecule has 1 aromatic rings. The highest BCUT2D eigenvalue weighted by Gasteiger charge is 2.51. The van der Waals surface area contributed by atoms with Crippen molar-refractivity contribution < 1.29 is 0 Å². The van der Waals surface area contributed by atoms with Crippen LogP contribution >= 0.6 is 11.8 Å². The van der Waals surface area contributed by atoms with E-state index < -0.39 is 0 Å². The van der Waals surface area contributed by atoms with E-state index in [9.17, 15) is 0 Å². The lowest BCUT2D eigenvalue weighted by molar-refractivity contribution is 0.382. The lowest BCUT2D eigenvalue weighted by Gasteiger charge is -2.29. The van der Waals surface area contributed by atoms with E-state index in [2.05, 4.69) is 63.0 Å². The molecule has 1 aliphatic carbocycles. The summed E-state index contributed by atoms with van der Waals surface area (Å²) < 4.78 is 0. The predicted octanol–water partition coefficient (Wildman–Crippen LogP) is 5.44. The molecule has 0 bridgehead atoms. The van der Waals surface area contributed by atoms with Crippen LogP contribution in [0.15, 0.2) is 28.7 Å². The predicted molar refractivity (Wildman–Crippen MR) is 97.6 cm³/mol. The van der Waals surface area contributed by atoms with Crippen molar-refractivity contribution in [3.8, 4) is 0 Å². The van der Waals surface area contributed by atoms with Gasteiger partial charge in [-0.3, -0.25) is 0 Å². The maximum Gasteiger partial charge on any atom is 0.0408 e. The van der Waals surface area contributed by atoms with E-state index in [0.29, 0.717) is 5.92 Å². The lowest BCUT2D eigenvalue weighted by Crippen LogP contribution is -2.20. The van der Waals surface area contributed by atoms with E-state index in [0.717, 1.165) is 29.5 Å². The van der Waals surface area contributed by atoms with E-state index in [-0.39, 0.29) is 0 Å². The Bertz CT molecular complexity index is 633. The molecular weight excluding hydrogens is 286 g/mol. The molecule has 2 heteroatoms. The second kappa shape index (κ2) is 5.33. The van der Waals surface area contributed by atoms with Gasteiger partial charge in [0.2, 0.25) is 0 Å². The quantitative estimate of drug-likeness (QED) is 0.741. The fourth-order valence-corrected chi connectivity index (χ4v) is 6.94. The molecular formula is C20H27NS. The average Bonchev–Trinajstić information content (AvgIpc) is 2.94. The zero-order valence-corrected chi connectivity index (χ0v) is 15.0. The van der Waals surface area contributed by atoms with Crippen molar-refractivity contribution >= 4 is 17.4 Å². The zero-order valence-electron chi connectivity index (χ0n) is 14.1. The van der Waals surface area contributed by atoms with E-state index in [1.165, 1.54) is 24.1 Å². The van der Waals surface area contributed by atoms with Gasteiger partial charge in [-0.25, -0.2) is 0 Å². The summed E-state index contributed by atoms with van der Waals surface area (Å²) in [6, 6.07) is 7.01. The van der Waals surface area contributed by atoms with Gasteiger partial charge in [-0.1, -0.05) is 37.6 Å². The van der Waals surface area contributed by atoms with Crippen molar-refractivity contribution in [3.63, 3.8) is 0 Å². The number of para-hydroxylation sites is 1. The molecule has 3 aliphatic rings. The summed E-state index contributed by atoms with van der Waals surface area (Å²) in [6.07, 6.45) is 2.51. The second-order valence-electron chi connectivity index (χ2n) is 7.50. The molecule has 0 spiro atoms. The van der Waals surface area contributed by atoms with Crippen LogP contribution in [0.4, 0.5) is 5.69 Å². The van der Waals surface area contributed by atoms with Crippen LogP contribution in [0, 0.1) is 17.8 Å². The Morgan fingerprint density at radius 3 is 2.68 bits per heavy atom. The summed E-state index contributed by atoms with van der Waals surface area (Å²) in [5.74, 6) is 3.03. The zero-order chi connectivity index (χ0) is 15.4. The minimum absolute atomic E-state index is 0.693. The highest BCUT2D eigenvalue weighted by Crippen LogP contribution is 2.61. The minimum Gasteiger partial charge on any atom is -0.385 e. The standard InChI is InChI=1S/C20H27NS/c1-11-12(2)18(20-17(11)13(3)14(4)22-20)16-9-5-7-15-8-6-10-21-19(15)16/h5,7,9,11-12,17-18,20-21H,6,8,10H2,1-4H3. The lowest BCUT2D eigenvalue weighted by atomic mass is 9.83. The largest absolute Gasteiger partial charge is 0.385 e.